The number of hydrogen-bond donors (Lipinski definition) is 1. The van der Waals surface area contributed by atoms with Crippen molar-refractivity contribution < 1.29 is 14.3 Å². The number of aryl methyl sites for hydroxylation is 1. The highest BCUT2D eigenvalue weighted by Gasteiger charge is 2.12. The number of methoxy groups -OCH3 is 1. The van der Waals surface area contributed by atoms with Crippen molar-refractivity contribution in [2.45, 2.75) is 26.7 Å². The van der Waals surface area contributed by atoms with Crippen LogP contribution in [0.2, 0.25) is 10.0 Å². The van der Waals surface area contributed by atoms with Gasteiger partial charge in [-0.25, -0.2) is 0 Å². The van der Waals surface area contributed by atoms with Gasteiger partial charge in [0.15, 0.2) is 0 Å². The van der Waals surface area contributed by atoms with Crippen LogP contribution in [0.1, 0.15) is 24.0 Å². The van der Waals surface area contributed by atoms with Gasteiger partial charge in [0.05, 0.1) is 23.9 Å². The number of ether oxygens (including phenoxy) is 2. The molecule has 0 radical (unpaired) electrons. The second-order valence-corrected chi connectivity index (χ2v) is 7.40. The van der Waals surface area contributed by atoms with Crippen molar-refractivity contribution in [3.8, 4) is 11.5 Å². The molecule has 2 aromatic carbocycles. The van der Waals surface area contributed by atoms with E-state index in [2.05, 4.69) is 21.2 Å². The fourth-order valence-electron chi connectivity index (χ4n) is 2.41. The van der Waals surface area contributed by atoms with Gasteiger partial charge < -0.3 is 14.8 Å². The summed E-state index contributed by atoms with van der Waals surface area (Å²) < 4.78 is 11.8. The Morgan fingerprint density at radius 3 is 2.62 bits per heavy atom. The molecule has 0 heterocycles. The summed E-state index contributed by atoms with van der Waals surface area (Å²) in [7, 11) is 1.54. The van der Waals surface area contributed by atoms with Crippen LogP contribution in [-0.2, 0) is 4.79 Å². The third-order valence-electron chi connectivity index (χ3n) is 3.81. The molecule has 2 rings (SSSR count). The van der Waals surface area contributed by atoms with Crippen molar-refractivity contribution >= 4 is 50.7 Å². The van der Waals surface area contributed by atoms with Crippen LogP contribution in [-0.4, -0.2) is 19.6 Å². The summed E-state index contributed by atoms with van der Waals surface area (Å²) in [6.07, 6.45) is 0.890. The Labute approximate surface area is 171 Å². The van der Waals surface area contributed by atoms with Gasteiger partial charge in [-0.1, -0.05) is 23.2 Å². The number of carbonyl (C=O) groups excluding carboxylic acids is 1. The monoisotopic (exact) mass is 459 g/mol. The van der Waals surface area contributed by atoms with Crippen molar-refractivity contribution in [1.82, 2.24) is 0 Å². The van der Waals surface area contributed by atoms with Gasteiger partial charge in [0.25, 0.3) is 0 Å². The minimum absolute atomic E-state index is 0.128. The second kappa shape index (κ2) is 9.49. The number of nitrogens with one attached hydrogen (secondary N) is 1. The Morgan fingerprint density at radius 2 is 1.92 bits per heavy atom. The lowest BCUT2D eigenvalue weighted by Crippen LogP contribution is -2.13. The fraction of sp³-hybridized carbons (Fsp3) is 0.316. The number of anilines is 1. The van der Waals surface area contributed by atoms with Crippen molar-refractivity contribution in [3.05, 3.63) is 49.9 Å². The molecule has 4 nitrogen and oxygen atoms in total. The van der Waals surface area contributed by atoms with E-state index >= 15 is 0 Å². The van der Waals surface area contributed by atoms with Gasteiger partial charge in [0, 0.05) is 16.5 Å². The summed E-state index contributed by atoms with van der Waals surface area (Å²) in [4.78, 5) is 12.1. The molecule has 0 saturated heterocycles. The van der Waals surface area contributed by atoms with Crippen LogP contribution in [0.5, 0.6) is 11.5 Å². The molecule has 26 heavy (non-hydrogen) atoms. The molecular weight excluding hydrogens is 441 g/mol. The Bertz CT molecular complexity index is 812. The van der Waals surface area contributed by atoms with Crippen LogP contribution in [0.25, 0.3) is 0 Å². The smallest absolute Gasteiger partial charge is 0.224 e. The lowest BCUT2D eigenvalue weighted by Gasteiger charge is -2.13. The van der Waals surface area contributed by atoms with E-state index in [0.29, 0.717) is 35.9 Å². The molecule has 0 saturated carbocycles. The highest BCUT2D eigenvalue weighted by atomic mass is 79.9. The Morgan fingerprint density at radius 1 is 1.19 bits per heavy atom. The van der Waals surface area contributed by atoms with Gasteiger partial charge in [-0.2, -0.15) is 0 Å². The second-order valence-electron chi connectivity index (χ2n) is 5.79. The number of halogens is 3. The molecule has 0 fully saturated rings. The average Bonchev–Trinajstić information content (AvgIpc) is 2.61. The first-order chi connectivity index (χ1) is 12.3. The summed E-state index contributed by atoms with van der Waals surface area (Å²) in [5.41, 5.74) is 2.44. The molecule has 1 amide bonds. The maximum Gasteiger partial charge on any atom is 0.224 e. The van der Waals surface area contributed by atoms with Gasteiger partial charge in [-0.3, -0.25) is 4.79 Å². The van der Waals surface area contributed by atoms with E-state index in [1.54, 1.807) is 25.3 Å². The van der Waals surface area contributed by atoms with E-state index in [-0.39, 0.29) is 5.91 Å². The predicted octanol–water partition coefficient (Wildman–Crippen LogP) is 6.18. The molecule has 0 aliphatic carbocycles. The molecule has 0 aliphatic heterocycles. The molecule has 0 atom stereocenters. The summed E-state index contributed by atoms with van der Waals surface area (Å²) in [5, 5.41) is 4.06. The molecule has 1 N–H and O–H groups in total. The molecule has 140 valence electrons. The number of rotatable bonds is 7. The molecule has 0 unspecified atom stereocenters. The first kappa shape index (κ1) is 20.9. The van der Waals surface area contributed by atoms with Gasteiger partial charge >= 0.3 is 0 Å². The van der Waals surface area contributed by atoms with E-state index in [1.807, 2.05) is 19.9 Å². The first-order valence-corrected chi connectivity index (χ1v) is 9.59. The topological polar surface area (TPSA) is 47.6 Å². The van der Waals surface area contributed by atoms with Crippen LogP contribution in [0.4, 0.5) is 5.69 Å². The Hall–Kier alpha value is -1.43. The molecule has 7 heteroatoms. The Balaban J connectivity index is 1.87. The lowest BCUT2D eigenvalue weighted by atomic mass is 10.1. The zero-order valence-electron chi connectivity index (χ0n) is 14.8. The zero-order chi connectivity index (χ0) is 19.3. The van der Waals surface area contributed by atoms with Crippen molar-refractivity contribution in [3.63, 3.8) is 0 Å². The number of carbonyl (C=O) groups is 1. The Kier molecular flexibility index (Phi) is 7.62. The quantitative estimate of drug-likeness (QED) is 0.502. The average molecular weight is 461 g/mol. The van der Waals surface area contributed by atoms with Crippen molar-refractivity contribution in [2.75, 3.05) is 19.0 Å². The van der Waals surface area contributed by atoms with Gasteiger partial charge in [0.2, 0.25) is 5.91 Å². The molecule has 0 bridgehead atoms. The van der Waals surface area contributed by atoms with E-state index in [1.165, 1.54) is 0 Å². The van der Waals surface area contributed by atoms with Crippen molar-refractivity contribution in [1.29, 1.82) is 0 Å². The number of hydrogen-bond acceptors (Lipinski definition) is 3. The fourth-order valence-corrected chi connectivity index (χ4v) is 3.27. The summed E-state index contributed by atoms with van der Waals surface area (Å²) in [5.74, 6) is 1.16. The standard InChI is InChI=1S/C19H20BrCl2NO3/c1-11-9-16(18(20)12(2)19(11)22)26-8-4-5-17(24)23-14-10-13(21)6-7-15(14)25-3/h6-7,9-10H,4-5,8H2,1-3H3,(H,23,24). The number of amides is 1. The van der Waals surface area contributed by atoms with Crippen LogP contribution < -0.4 is 14.8 Å². The van der Waals surface area contributed by atoms with Gasteiger partial charge in [-0.05, 0) is 71.6 Å². The van der Waals surface area contributed by atoms with E-state index in [0.717, 1.165) is 26.4 Å². The maximum atomic E-state index is 12.1. The van der Waals surface area contributed by atoms with Crippen molar-refractivity contribution in [2.24, 2.45) is 0 Å². The number of benzene rings is 2. The highest BCUT2D eigenvalue weighted by molar-refractivity contribution is 9.10. The maximum absolute atomic E-state index is 12.1. The van der Waals surface area contributed by atoms with E-state index in [9.17, 15) is 4.79 Å². The third kappa shape index (κ3) is 5.29. The minimum Gasteiger partial charge on any atom is -0.495 e. The predicted molar refractivity (Wildman–Crippen MR) is 110 cm³/mol. The van der Waals surface area contributed by atoms with Crippen LogP contribution in [0.3, 0.4) is 0 Å². The third-order valence-corrected chi connectivity index (χ3v) is 5.61. The first-order valence-electron chi connectivity index (χ1n) is 8.05. The minimum atomic E-state index is -0.128. The molecule has 0 aliphatic rings. The molecular formula is C19H20BrCl2NO3. The van der Waals surface area contributed by atoms with E-state index in [4.69, 9.17) is 32.7 Å². The highest BCUT2D eigenvalue weighted by Crippen LogP contribution is 2.35. The molecule has 0 spiro atoms. The van der Waals surface area contributed by atoms with E-state index < -0.39 is 0 Å². The van der Waals surface area contributed by atoms with Gasteiger partial charge in [0.1, 0.15) is 11.5 Å². The van der Waals surface area contributed by atoms with Gasteiger partial charge in [-0.15, -0.1) is 0 Å². The summed E-state index contributed by atoms with van der Waals surface area (Å²) >= 11 is 15.7. The summed E-state index contributed by atoms with van der Waals surface area (Å²) in [6, 6.07) is 6.96. The SMILES string of the molecule is COc1ccc(Cl)cc1NC(=O)CCCOc1cc(C)c(Cl)c(C)c1Br. The zero-order valence-corrected chi connectivity index (χ0v) is 17.9. The largest absolute Gasteiger partial charge is 0.495 e. The summed E-state index contributed by atoms with van der Waals surface area (Å²) in [6.45, 7) is 4.28. The van der Waals surface area contributed by atoms with Crippen LogP contribution >= 0.6 is 39.1 Å². The normalized spacial score (nSPS) is 10.5. The van der Waals surface area contributed by atoms with Crippen LogP contribution in [0, 0.1) is 13.8 Å². The molecule has 0 aromatic heterocycles. The van der Waals surface area contributed by atoms with Crippen LogP contribution in [0.15, 0.2) is 28.7 Å². The lowest BCUT2D eigenvalue weighted by molar-refractivity contribution is -0.116. The molecule has 2 aromatic rings.